The van der Waals surface area contributed by atoms with Crippen LogP contribution in [-0.2, 0) is 26.7 Å². The quantitative estimate of drug-likeness (QED) is 0.401. The Bertz CT molecular complexity index is 1490. The van der Waals surface area contributed by atoms with Gasteiger partial charge in [0.1, 0.15) is 0 Å². The van der Waals surface area contributed by atoms with Crippen LogP contribution in [0.25, 0.3) is 0 Å². The molecule has 0 amide bonds. The third-order valence-electron chi connectivity index (χ3n) is 10.2. The van der Waals surface area contributed by atoms with Gasteiger partial charge in [0.15, 0.2) is 0 Å². The molecule has 0 spiro atoms. The fourth-order valence-electron chi connectivity index (χ4n) is 7.61. The molecule has 9 nitrogen and oxygen atoms in total. The first-order valence-electron chi connectivity index (χ1n) is 17.3. The summed E-state index contributed by atoms with van der Waals surface area (Å²) in [6, 6.07) is 14.9. The second-order valence-corrected chi connectivity index (χ2v) is 17.8. The molecule has 2 aliphatic heterocycles. The maximum atomic E-state index is 14.4. The lowest BCUT2D eigenvalue weighted by atomic mass is 9.89. The molecule has 1 saturated carbocycles. The van der Waals surface area contributed by atoms with E-state index in [2.05, 4.69) is 11.0 Å². The van der Waals surface area contributed by atoms with Gasteiger partial charge in [-0.25, -0.2) is 8.42 Å². The number of rotatable bonds is 7. The van der Waals surface area contributed by atoms with Crippen molar-refractivity contribution in [1.82, 2.24) is 17.8 Å². The Kier molecular flexibility index (Phi) is 11.9. The SMILES string of the molecule is CC1c2ccccc2CCN1S(=O)(=O)N1CCCN(CC2CCCCC2)CCCN(S(=O)(=O)c2ccc(N(C)C)cc2)C[C@H](C)C1. The van der Waals surface area contributed by atoms with Crippen LogP contribution >= 0.6 is 0 Å². The van der Waals surface area contributed by atoms with Crippen molar-refractivity contribution in [3.05, 3.63) is 59.7 Å². The highest BCUT2D eigenvalue weighted by Gasteiger charge is 2.38. The highest BCUT2D eigenvalue weighted by atomic mass is 32.2. The summed E-state index contributed by atoms with van der Waals surface area (Å²) in [6.07, 6.45) is 8.55. The normalized spacial score (nSPS) is 24.5. The molecule has 0 radical (unpaired) electrons. The Morgan fingerprint density at radius 1 is 0.739 bits per heavy atom. The van der Waals surface area contributed by atoms with E-state index >= 15 is 0 Å². The van der Waals surface area contributed by atoms with Crippen LogP contribution in [0.4, 0.5) is 5.69 Å². The Labute approximate surface area is 278 Å². The van der Waals surface area contributed by atoms with E-state index in [4.69, 9.17) is 0 Å². The lowest BCUT2D eigenvalue weighted by molar-refractivity contribution is 0.178. The Balaban J connectivity index is 1.40. The second kappa shape index (κ2) is 15.5. The van der Waals surface area contributed by atoms with E-state index in [0.29, 0.717) is 32.0 Å². The molecular formula is C35H55N5O4S2. The number of hydrogen-bond acceptors (Lipinski definition) is 6. The van der Waals surface area contributed by atoms with Crippen molar-refractivity contribution in [2.45, 2.75) is 76.2 Å². The summed E-state index contributed by atoms with van der Waals surface area (Å²) in [5, 5.41) is 0. The summed E-state index contributed by atoms with van der Waals surface area (Å²) in [6.45, 7) is 8.43. The monoisotopic (exact) mass is 673 g/mol. The summed E-state index contributed by atoms with van der Waals surface area (Å²) in [7, 11) is -3.69. The fourth-order valence-corrected chi connectivity index (χ4v) is 11.1. The van der Waals surface area contributed by atoms with E-state index in [1.54, 1.807) is 25.0 Å². The molecule has 2 atom stereocenters. The van der Waals surface area contributed by atoms with Gasteiger partial charge in [0.25, 0.3) is 10.2 Å². The van der Waals surface area contributed by atoms with Crippen molar-refractivity contribution >= 4 is 25.9 Å². The Morgan fingerprint density at radius 3 is 2.04 bits per heavy atom. The molecule has 0 N–H and O–H groups in total. The van der Waals surface area contributed by atoms with Crippen molar-refractivity contribution in [3.8, 4) is 0 Å². The average molecular weight is 674 g/mol. The molecule has 2 aromatic carbocycles. The van der Waals surface area contributed by atoms with Gasteiger partial charge in [-0.05, 0) is 99.3 Å². The lowest BCUT2D eigenvalue weighted by Gasteiger charge is -2.39. The molecule has 1 aliphatic carbocycles. The minimum Gasteiger partial charge on any atom is -0.378 e. The number of anilines is 1. The Morgan fingerprint density at radius 2 is 1.37 bits per heavy atom. The van der Waals surface area contributed by atoms with Crippen LogP contribution in [0, 0.1) is 11.8 Å². The predicted molar refractivity (Wildman–Crippen MR) is 187 cm³/mol. The largest absolute Gasteiger partial charge is 0.378 e. The first kappa shape index (κ1) is 35.3. The van der Waals surface area contributed by atoms with Crippen molar-refractivity contribution < 1.29 is 16.8 Å². The number of hydrogen-bond donors (Lipinski definition) is 0. The van der Waals surface area contributed by atoms with Crippen LogP contribution in [0.2, 0.25) is 0 Å². The second-order valence-electron chi connectivity index (χ2n) is 14.0. The van der Waals surface area contributed by atoms with Gasteiger partial charge >= 0.3 is 0 Å². The van der Waals surface area contributed by atoms with Gasteiger partial charge in [0.2, 0.25) is 10.0 Å². The maximum Gasteiger partial charge on any atom is 0.282 e. The van der Waals surface area contributed by atoms with E-state index in [-0.39, 0.29) is 29.9 Å². The molecule has 3 aliphatic rings. The van der Waals surface area contributed by atoms with Gasteiger partial charge < -0.3 is 9.80 Å². The molecule has 46 heavy (non-hydrogen) atoms. The molecule has 0 aromatic heterocycles. The lowest BCUT2D eigenvalue weighted by Crippen LogP contribution is -2.50. The van der Waals surface area contributed by atoms with Crippen molar-refractivity contribution in [1.29, 1.82) is 0 Å². The van der Waals surface area contributed by atoms with E-state index < -0.39 is 20.2 Å². The van der Waals surface area contributed by atoms with Crippen molar-refractivity contribution in [2.75, 3.05) is 71.4 Å². The fraction of sp³-hybridized carbons (Fsp3) is 0.657. The van der Waals surface area contributed by atoms with Gasteiger partial charge in [-0.1, -0.05) is 50.5 Å². The average Bonchev–Trinajstić information content (AvgIpc) is 3.03. The number of benzene rings is 2. The summed E-state index contributed by atoms with van der Waals surface area (Å²) in [5.74, 6) is 0.474. The highest BCUT2D eigenvalue weighted by Crippen LogP contribution is 2.33. The summed E-state index contributed by atoms with van der Waals surface area (Å²) >= 11 is 0. The topological polar surface area (TPSA) is 84.5 Å². The molecule has 5 rings (SSSR count). The third kappa shape index (κ3) is 8.33. The minimum absolute atomic E-state index is 0.184. The smallest absolute Gasteiger partial charge is 0.282 e. The zero-order valence-corrected chi connectivity index (χ0v) is 30.0. The first-order chi connectivity index (χ1) is 22.0. The maximum absolute atomic E-state index is 14.4. The van der Waals surface area contributed by atoms with Crippen molar-refractivity contribution in [2.24, 2.45) is 11.8 Å². The van der Waals surface area contributed by atoms with Gasteiger partial charge in [0, 0.05) is 65.1 Å². The van der Waals surface area contributed by atoms with E-state index in [9.17, 15) is 16.8 Å². The molecule has 2 aromatic rings. The molecule has 2 heterocycles. The molecule has 256 valence electrons. The number of nitrogens with zero attached hydrogens (tertiary/aromatic N) is 5. The van der Waals surface area contributed by atoms with Crippen LogP contribution in [-0.4, -0.2) is 101 Å². The summed E-state index contributed by atoms with van der Waals surface area (Å²) < 4.78 is 61.9. The molecule has 0 bridgehead atoms. The van der Waals surface area contributed by atoms with E-state index in [1.165, 1.54) is 37.7 Å². The molecule has 2 fully saturated rings. The standard InChI is InChI=1S/C35H55N5O4S2/c1-29-26-38(45(41,42)34-18-16-33(17-19-34)36(3)4)23-10-21-37(28-31-12-6-5-7-13-31)22-11-24-39(27-29)46(43,44)40-25-20-32-14-8-9-15-35(32)30(40)2/h8-9,14-19,29-31H,5-7,10-13,20-28H2,1-4H3/t29-,30?/m0/s1. The van der Waals surface area contributed by atoms with Crippen LogP contribution < -0.4 is 4.90 Å². The number of sulfonamides is 1. The molecule has 1 unspecified atom stereocenters. The van der Waals surface area contributed by atoms with Gasteiger partial charge in [-0.15, -0.1) is 0 Å². The Hall–Kier alpha value is -2.02. The van der Waals surface area contributed by atoms with Crippen LogP contribution in [0.1, 0.15) is 76.0 Å². The van der Waals surface area contributed by atoms with Gasteiger partial charge in [0.05, 0.1) is 4.90 Å². The van der Waals surface area contributed by atoms with E-state index in [0.717, 1.165) is 43.7 Å². The third-order valence-corrected chi connectivity index (χ3v) is 14.1. The summed E-state index contributed by atoms with van der Waals surface area (Å²) in [4.78, 5) is 4.70. The van der Waals surface area contributed by atoms with Crippen LogP contribution in [0.3, 0.4) is 0 Å². The highest BCUT2D eigenvalue weighted by molar-refractivity contribution is 7.89. The molecule has 1 saturated heterocycles. The van der Waals surface area contributed by atoms with Gasteiger partial charge in [-0.2, -0.15) is 21.3 Å². The predicted octanol–water partition coefficient (Wildman–Crippen LogP) is 5.22. The zero-order valence-electron chi connectivity index (χ0n) is 28.4. The summed E-state index contributed by atoms with van der Waals surface area (Å²) in [5.41, 5.74) is 3.21. The van der Waals surface area contributed by atoms with Crippen molar-refractivity contribution in [3.63, 3.8) is 0 Å². The van der Waals surface area contributed by atoms with Crippen LogP contribution in [0.15, 0.2) is 53.4 Å². The number of fused-ring (bicyclic) bond motifs is 1. The van der Waals surface area contributed by atoms with Crippen LogP contribution in [0.5, 0.6) is 0 Å². The molecular weight excluding hydrogens is 619 g/mol. The van der Waals surface area contributed by atoms with Gasteiger partial charge in [-0.3, -0.25) is 0 Å². The van der Waals surface area contributed by atoms with E-state index in [1.807, 2.05) is 63.2 Å². The zero-order chi connectivity index (χ0) is 32.9. The molecule has 11 heteroatoms. The minimum atomic E-state index is -3.79. The first-order valence-corrected chi connectivity index (χ1v) is 20.1.